The molecule has 0 saturated carbocycles. The molecule has 1 aromatic carbocycles. The summed E-state index contributed by atoms with van der Waals surface area (Å²) >= 11 is 0. The van der Waals surface area contributed by atoms with Gasteiger partial charge in [0.15, 0.2) is 0 Å². The Hall–Kier alpha value is -1.65. The van der Waals surface area contributed by atoms with Crippen LogP contribution < -0.4 is 5.63 Å². The maximum Gasteiger partial charge on any atom is 0.339 e. The Kier molecular flexibility index (Phi) is 4.71. The minimum Gasteiger partial charge on any atom is -0.423 e. The van der Waals surface area contributed by atoms with Crippen molar-refractivity contribution in [2.75, 3.05) is 26.7 Å². The lowest BCUT2D eigenvalue weighted by molar-refractivity contribution is 0.220. The van der Waals surface area contributed by atoms with Crippen molar-refractivity contribution in [2.45, 2.75) is 12.8 Å². The summed E-state index contributed by atoms with van der Waals surface area (Å²) < 4.78 is 5.29. The molecule has 4 nitrogen and oxygen atoms in total. The van der Waals surface area contributed by atoms with Crippen LogP contribution in [0.15, 0.2) is 39.5 Å². The fraction of sp³-hybridized carbons (Fsp3) is 0.400. The van der Waals surface area contributed by atoms with Gasteiger partial charge in [0.2, 0.25) is 0 Å². The van der Waals surface area contributed by atoms with Gasteiger partial charge >= 0.3 is 5.63 Å². The molecule has 0 bridgehead atoms. The van der Waals surface area contributed by atoms with E-state index in [4.69, 9.17) is 9.52 Å². The molecule has 0 aliphatic carbocycles. The molecule has 2 aromatic rings. The molecule has 19 heavy (non-hydrogen) atoms. The Balaban J connectivity index is 2.04. The fourth-order valence-electron chi connectivity index (χ4n) is 2.10. The normalized spacial score (nSPS) is 11.3. The first kappa shape index (κ1) is 13.8. The number of para-hydroxylation sites is 1. The van der Waals surface area contributed by atoms with Crippen molar-refractivity contribution in [1.82, 2.24) is 4.90 Å². The third-order valence-electron chi connectivity index (χ3n) is 3.18. The fourth-order valence-corrected chi connectivity index (χ4v) is 2.10. The van der Waals surface area contributed by atoms with Crippen LogP contribution in [-0.2, 0) is 6.42 Å². The van der Waals surface area contributed by atoms with Gasteiger partial charge in [-0.05, 0) is 38.6 Å². The predicted octanol–water partition coefficient (Wildman–Crippen LogP) is 1.65. The number of aliphatic hydroxyl groups excluding tert-OH is 1. The lowest BCUT2D eigenvalue weighted by atomic mass is 10.1. The van der Waals surface area contributed by atoms with E-state index in [9.17, 15) is 4.79 Å². The third-order valence-corrected chi connectivity index (χ3v) is 3.18. The molecule has 102 valence electrons. The molecular formula is C15H19NO3. The molecule has 1 aromatic heterocycles. The van der Waals surface area contributed by atoms with Crippen LogP contribution in [0, 0.1) is 0 Å². The number of aryl methyl sites for hydroxylation is 1. The highest BCUT2D eigenvalue weighted by Crippen LogP contribution is 2.13. The van der Waals surface area contributed by atoms with Gasteiger partial charge in [0.25, 0.3) is 0 Å². The van der Waals surface area contributed by atoms with Crippen LogP contribution in [-0.4, -0.2) is 36.8 Å². The smallest absolute Gasteiger partial charge is 0.339 e. The van der Waals surface area contributed by atoms with Crippen molar-refractivity contribution in [3.05, 3.63) is 46.3 Å². The highest BCUT2D eigenvalue weighted by molar-refractivity contribution is 5.76. The van der Waals surface area contributed by atoms with Crippen LogP contribution in [0.1, 0.15) is 12.0 Å². The van der Waals surface area contributed by atoms with E-state index in [1.807, 2.05) is 36.2 Å². The first-order valence-corrected chi connectivity index (χ1v) is 6.52. The zero-order valence-electron chi connectivity index (χ0n) is 11.1. The minimum absolute atomic E-state index is 0.161. The molecule has 0 saturated heterocycles. The molecule has 0 unspecified atom stereocenters. The molecule has 2 rings (SSSR count). The average Bonchev–Trinajstić information content (AvgIpc) is 2.39. The Bertz CT molecular complexity index is 591. The molecule has 0 fully saturated rings. The maximum atomic E-state index is 11.8. The van der Waals surface area contributed by atoms with Gasteiger partial charge < -0.3 is 14.4 Å². The van der Waals surface area contributed by atoms with Crippen molar-refractivity contribution in [3.63, 3.8) is 0 Å². The average molecular weight is 261 g/mol. The molecule has 0 aliphatic rings. The van der Waals surface area contributed by atoms with E-state index in [-0.39, 0.29) is 12.2 Å². The Morgan fingerprint density at radius 1 is 1.26 bits per heavy atom. The first-order chi connectivity index (χ1) is 9.20. The van der Waals surface area contributed by atoms with Crippen LogP contribution in [0.5, 0.6) is 0 Å². The molecule has 0 amide bonds. The summed E-state index contributed by atoms with van der Waals surface area (Å²) in [5.74, 6) is 0. The lowest BCUT2D eigenvalue weighted by Gasteiger charge is -2.14. The lowest BCUT2D eigenvalue weighted by Crippen LogP contribution is -2.24. The second kappa shape index (κ2) is 6.50. The number of rotatable bonds is 6. The number of aliphatic hydroxyl groups is 1. The van der Waals surface area contributed by atoms with Gasteiger partial charge in [0, 0.05) is 17.5 Å². The summed E-state index contributed by atoms with van der Waals surface area (Å²) in [7, 11) is 1.96. The molecule has 4 heteroatoms. The summed E-state index contributed by atoms with van der Waals surface area (Å²) in [6.45, 7) is 1.67. The van der Waals surface area contributed by atoms with E-state index in [1.165, 1.54) is 0 Å². The molecule has 1 heterocycles. The number of benzene rings is 1. The predicted molar refractivity (Wildman–Crippen MR) is 75.4 cm³/mol. The van der Waals surface area contributed by atoms with Gasteiger partial charge in [-0.25, -0.2) is 4.79 Å². The number of nitrogens with zero attached hydrogens (tertiary/aromatic N) is 1. The van der Waals surface area contributed by atoms with Gasteiger partial charge in [-0.1, -0.05) is 18.2 Å². The Morgan fingerprint density at radius 3 is 2.84 bits per heavy atom. The molecule has 0 spiro atoms. The third kappa shape index (κ3) is 3.66. The van der Waals surface area contributed by atoms with Crippen LogP contribution in [0.3, 0.4) is 0 Å². The van der Waals surface area contributed by atoms with E-state index < -0.39 is 0 Å². The standard InChI is InChI=1S/C15H19NO3/c1-16(9-10-17)8-4-6-13-11-12-5-2-3-7-14(12)19-15(13)18/h2-3,5,7,11,17H,4,6,8-10H2,1H3. The zero-order valence-corrected chi connectivity index (χ0v) is 11.1. The van der Waals surface area contributed by atoms with Crippen molar-refractivity contribution in [3.8, 4) is 0 Å². The summed E-state index contributed by atoms with van der Waals surface area (Å²) in [6.07, 6.45) is 1.57. The van der Waals surface area contributed by atoms with Crippen molar-refractivity contribution >= 4 is 11.0 Å². The Labute approximate surface area is 112 Å². The van der Waals surface area contributed by atoms with E-state index in [0.29, 0.717) is 18.5 Å². The van der Waals surface area contributed by atoms with Gasteiger partial charge in [0.05, 0.1) is 6.61 Å². The highest BCUT2D eigenvalue weighted by atomic mass is 16.4. The quantitative estimate of drug-likeness (QED) is 0.803. The van der Waals surface area contributed by atoms with E-state index >= 15 is 0 Å². The van der Waals surface area contributed by atoms with Crippen LogP contribution in [0.4, 0.5) is 0 Å². The summed E-state index contributed by atoms with van der Waals surface area (Å²) in [4.78, 5) is 13.9. The van der Waals surface area contributed by atoms with E-state index in [0.717, 1.165) is 23.9 Å². The van der Waals surface area contributed by atoms with Crippen molar-refractivity contribution in [1.29, 1.82) is 0 Å². The highest BCUT2D eigenvalue weighted by Gasteiger charge is 2.05. The first-order valence-electron chi connectivity index (χ1n) is 6.52. The van der Waals surface area contributed by atoms with Crippen LogP contribution in [0.25, 0.3) is 11.0 Å². The number of hydrogen-bond donors (Lipinski definition) is 1. The number of hydrogen-bond acceptors (Lipinski definition) is 4. The number of likely N-dealkylation sites (N-methyl/N-ethyl adjacent to an activating group) is 1. The van der Waals surface area contributed by atoms with Crippen LogP contribution in [0.2, 0.25) is 0 Å². The summed E-state index contributed by atoms with van der Waals surface area (Å²) in [6, 6.07) is 9.44. The topological polar surface area (TPSA) is 53.7 Å². The minimum atomic E-state index is -0.247. The van der Waals surface area contributed by atoms with Crippen molar-refractivity contribution in [2.24, 2.45) is 0 Å². The second-order valence-corrected chi connectivity index (χ2v) is 4.73. The molecule has 0 atom stereocenters. The maximum absolute atomic E-state index is 11.8. The zero-order chi connectivity index (χ0) is 13.7. The van der Waals surface area contributed by atoms with Crippen LogP contribution >= 0.6 is 0 Å². The molecule has 1 N–H and O–H groups in total. The van der Waals surface area contributed by atoms with E-state index in [1.54, 1.807) is 6.07 Å². The second-order valence-electron chi connectivity index (χ2n) is 4.73. The Morgan fingerprint density at radius 2 is 2.05 bits per heavy atom. The van der Waals surface area contributed by atoms with Gasteiger partial charge in [-0.2, -0.15) is 0 Å². The number of fused-ring (bicyclic) bond motifs is 1. The van der Waals surface area contributed by atoms with Gasteiger partial charge in [-0.15, -0.1) is 0 Å². The summed E-state index contributed by atoms with van der Waals surface area (Å²) in [5.41, 5.74) is 1.10. The van der Waals surface area contributed by atoms with Gasteiger partial charge in [0.1, 0.15) is 5.58 Å². The van der Waals surface area contributed by atoms with E-state index in [2.05, 4.69) is 0 Å². The van der Waals surface area contributed by atoms with Gasteiger partial charge in [-0.3, -0.25) is 0 Å². The largest absolute Gasteiger partial charge is 0.423 e. The SMILES string of the molecule is CN(CCO)CCCc1cc2ccccc2oc1=O. The molecule has 0 radical (unpaired) electrons. The molecule has 0 aliphatic heterocycles. The monoisotopic (exact) mass is 261 g/mol. The van der Waals surface area contributed by atoms with Crippen molar-refractivity contribution < 1.29 is 9.52 Å². The summed E-state index contributed by atoms with van der Waals surface area (Å²) in [5, 5.41) is 9.77. The molecular weight excluding hydrogens is 242 g/mol.